The number of carbonyl (C=O) groups excluding carboxylic acids is 1. The fraction of sp³-hybridized carbons (Fsp3) is 0.588. The number of aryl methyl sites for hydroxylation is 1. The molecule has 1 aromatic carbocycles. The van der Waals surface area contributed by atoms with Gasteiger partial charge in [0.05, 0.1) is 0 Å². The standard InChI is InChI=1S/C17H28N2O/c1-6-12(3)10-15(7-2)19-17-11-16(18-14(5)20)9-8-13(17)4/h8-9,11-12,15,19H,6-7,10H2,1-5H3,(H,18,20). The van der Waals surface area contributed by atoms with Crippen molar-refractivity contribution in [2.75, 3.05) is 10.6 Å². The summed E-state index contributed by atoms with van der Waals surface area (Å²) in [6.07, 6.45) is 3.49. The molecule has 0 saturated heterocycles. The van der Waals surface area contributed by atoms with E-state index in [1.165, 1.54) is 25.3 Å². The van der Waals surface area contributed by atoms with E-state index in [9.17, 15) is 4.79 Å². The maximum Gasteiger partial charge on any atom is 0.221 e. The molecular formula is C17H28N2O. The van der Waals surface area contributed by atoms with E-state index in [4.69, 9.17) is 0 Å². The SMILES string of the molecule is CCC(C)CC(CC)Nc1cc(NC(C)=O)ccc1C. The number of carbonyl (C=O) groups is 1. The van der Waals surface area contributed by atoms with Gasteiger partial charge in [0.1, 0.15) is 0 Å². The van der Waals surface area contributed by atoms with Crippen LogP contribution in [0.1, 0.15) is 52.5 Å². The number of nitrogens with one attached hydrogen (secondary N) is 2. The summed E-state index contributed by atoms with van der Waals surface area (Å²) < 4.78 is 0. The zero-order valence-corrected chi connectivity index (χ0v) is 13.4. The van der Waals surface area contributed by atoms with E-state index in [1.807, 2.05) is 18.2 Å². The molecule has 2 N–H and O–H groups in total. The van der Waals surface area contributed by atoms with Gasteiger partial charge in [-0.1, -0.05) is 33.3 Å². The van der Waals surface area contributed by atoms with Crippen LogP contribution in [0.15, 0.2) is 18.2 Å². The molecule has 0 fully saturated rings. The third-order valence-corrected chi connectivity index (χ3v) is 3.79. The second-order valence-corrected chi connectivity index (χ2v) is 5.71. The van der Waals surface area contributed by atoms with Gasteiger partial charge in [-0.3, -0.25) is 4.79 Å². The maximum atomic E-state index is 11.1. The Labute approximate surface area is 123 Å². The monoisotopic (exact) mass is 276 g/mol. The van der Waals surface area contributed by atoms with E-state index in [-0.39, 0.29) is 5.91 Å². The lowest BCUT2D eigenvalue weighted by molar-refractivity contribution is -0.114. The molecule has 0 aromatic heterocycles. The summed E-state index contributed by atoms with van der Waals surface area (Å²) in [6, 6.07) is 6.49. The normalized spacial score (nSPS) is 13.7. The predicted octanol–water partition coefficient (Wildman–Crippen LogP) is 4.58. The molecule has 1 amide bonds. The first kappa shape index (κ1) is 16.5. The lowest BCUT2D eigenvalue weighted by Crippen LogP contribution is -2.22. The lowest BCUT2D eigenvalue weighted by atomic mass is 9.97. The van der Waals surface area contributed by atoms with Crippen LogP contribution < -0.4 is 10.6 Å². The number of rotatable bonds is 7. The largest absolute Gasteiger partial charge is 0.382 e. The molecule has 0 aliphatic heterocycles. The van der Waals surface area contributed by atoms with Crippen LogP contribution in [0.4, 0.5) is 11.4 Å². The first-order valence-corrected chi connectivity index (χ1v) is 7.61. The summed E-state index contributed by atoms with van der Waals surface area (Å²) >= 11 is 0. The topological polar surface area (TPSA) is 41.1 Å². The van der Waals surface area contributed by atoms with Gasteiger partial charge in [0.25, 0.3) is 0 Å². The molecule has 2 unspecified atom stereocenters. The van der Waals surface area contributed by atoms with Gasteiger partial charge in [-0.05, 0) is 43.4 Å². The molecule has 3 heteroatoms. The van der Waals surface area contributed by atoms with Crippen LogP contribution in [0.2, 0.25) is 0 Å². The summed E-state index contributed by atoms with van der Waals surface area (Å²) in [5, 5.41) is 6.46. The summed E-state index contributed by atoms with van der Waals surface area (Å²) in [4.78, 5) is 11.1. The first-order chi connectivity index (χ1) is 9.46. The Kier molecular flexibility index (Phi) is 6.56. The van der Waals surface area contributed by atoms with Gasteiger partial charge in [0.15, 0.2) is 0 Å². The number of hydrogen-bond donors (Lipinski definition) is 2. The van der Waals surface area contributed by atoms with Gasteiger partial charge in [-0.2, -0.15) is 0 Å². The predicted molar refractivity (Wildman–Crippen MR) is 87.3 cm³/mol. The molecule has 0 aliphatic carbocycles. The molecule has 0 spiro atoms. The van der Waals surface area contributed by atoms with Crippen LogP contribution in [-0.4, -0.2) is 11.9 Å². The van der Waals surface area contributed by atoms with Gasteiger partial charge in [-0.15, -0.1) is 0 Å². The van der Waals surface area contributed by atoms with Crippen molar-refractivity contribution in [3.05, 3.63) is 23.8 Å². The van der Waals surface area contributed by atoms with Crippen molar-refractivity contribution in [1.82, 2.24) is 0 Å². The molecule has 0 heterocycles. The Morgan fingerprint density at radius 3 is 2.50 bits per heavy atom. The first-order valence-electron chi connectivity index (χ1n) is 7.61. The third-order valence-electron chi connectivity index (χ3n) is 3.79. The van der Waals surface area contributed by atoms with Crippen LogP contribution in [-0.2, 0) is 4.79 Å². The molecular weight excluding hydrogens is 248 g/mol. The number of amides is 1. The highest BCUT2D eigenvalue weighted by Crippen LogP contribution is 2.23. The highest BCUT2D eigenvalue weighted by Gasteiger charge is 2.12. The summed E-state index contributed by atoms with van der Waals surface area (Å²) in [7, 11) is 0. The quantitative estimate of drug-likeness (QED) is 0.765. The molecule has 112 valence electrons. The Balaban J connectivity index is 2.80. The Morgan fingerprint density at radius 2 is 1.95 bits per heavy atom. The zero-order chi connectivity index (χ0) is 15.1. The molecule has 1 rings (SSSR count). The van der Waals surface area contributed by atoms with Crippen molar-refractivity contribution in [1.29, 1.82) is 0 Å². The molecule has 0 saturated carbocycles. The molecule has 20 heavy (non-hydrogen) atoms. The van der Waals surface area contributed by atoms with Crippen LogP contribution in [0.25, 0.3) is 0 Å². The van der Waals surface area contributed by atoms with Gasteiger partial charge in [-0.25, -0.2) is 0 Å². The average Bonchev–Trinajstić information content (AvgIpc) is 2.40. The average molecular weight is 276 g/mol. The fourth-order valence-electron chi connectivity index (χ4n) is 2.26. The summed E-state index contributed by atoms with van der Waals surface area (Å²) in [5.41, 5.74) is 3.18. The summed E-state index contributed by atoms with van der Waals surface area (Å²) in [5.74, 6) is 0.692. The van der Waals surface area contributed by atoms with Crippen LogP contribution in [0.5, 0.6) is 0 Å². The van der Waals surface area contributed by atoms with Crippen molar-refractivity contribution in [2.24, 2.45) is 5.92 Å². The molecule has 0 radical (unpaired) electrons. The van der Waals surface area contributed by atoms with Gasteiger partial charge in [0, 0.05) is 24.3 Å². The van der Waals surface area contributed by atoms with E-state index < -0.39 is 0 Å². The number of benzene rings is 1. The van der Waals surface area contributed by atoms with Gasteiger partial charge >= 0.3 is 0 Å². The fourth-order valence-corrected chi connectivity index (χ4v) is 2.26. The number of anilines is 2. The zero-order valence-electron chi connectivity index (χ0n) is 13.4. The number of hydrogen-bond acceptors (Lipinski definition) is 2. The van der Waals surface area contributed by atoms with E-state index >= 15 is 0 Å². The lowest BCUT2D eigenvalue weighted by Gasteiger charge is -2.23. The Bertz CT molecular complexity index is 443. The van der Waals surface area contributed by atoms with Crippen molar-refractivity contribution in [2.45, 2.75) is 59.9 Å². The van der Waals surface area contributed by atoms with Crippen molar-refractivity contribution >= 4 is 17.3 Å². The Hall–Kier alpha value is -1.51. The minimum Gasteiger partial charge on any atom is -0.382 e. The van der Waals surface area contributed by atoms with Crippen LogP contribution >= 0.6 is 0 Å². The maximum absolute atomic E-state index is 11.1. The minimum atomic E-state index is -0.0357. The van der Waals surface area contributed by atoms with E-state index in [2.05, 4.69) is 38.3 Å². The molecule has 0 bridgehead atoms. The molecule has 0 aliphatic rings. The smallest absolute Gasteiger partial charge is 0.221 e. The second-order valence-electron chi connectivity index (χ2n) is 5.71. The van der Waals surface area contributed by atoms with Crippen molar-refractivity contribution < 1.29 is 4.79 Å². The van der Waals surface area contributed by atoms with Crippen LogP contribution in [0.3, 0.4) is 0 Å². The van der Waals surface area contributed by atoms with Crippen molar-refractivity contribution in [3.63, 3.8) is 0 Å². The van der Waals surface area contributed by atoms with E-state index in [0.717, 1.165) is 23.7 Å². The Morgan fingerprint density at radius 1 is 1.25 bits per heavy atom. The van der Waals surface area contributed by atoms with E-state index in [1.54, 1.807) is 0 Å². The van der Waals surface area contributed by atoms with Gasteiger partial charge in [0.2, 0.25) is 5.91 Å². The molecule has 2 atom stereocenters. The minimum absolute atomic E-state index is 0.0357. The summed E-state index contributed by atoms with van der Waals surface area (Å²) in [6.45, 7) is 10.4. The third kappa shape index (κ3) is 5.24. The molecule has 3 nitrogen and oxygen atoms in total. The van der Waals surface area contributed by atoms with Crippen molar-refractivity contribution in [3.8, 4) is 0 Å². The van der Waals surface area contributed by atoms with E-state index in [0.29, 0.717) is 6.04 Å². The molecule has 1 aromatic rings. The second kappa shape index (κ2) is 7.93. The van der Waals surface area contributed by atoms with Crippen LogP contribution in [0, 0.1) is 12.8 Å². The highest BCUT2D eigenvalue weighted by atomic mass is 16.1. The highest BCUT2D eigenvalue weighted by molar-refractivity contribution is 5.89. The van der Waals surface area contributed by atoms with Gasteiger partial charge < -0.3 is 10.6 Å².